The van der Waals surface area contributed by atoms with Gasteiger partial charge in [0.15, 0.2) is 0 Å². The summed E-state index contributed by atoms with van der Waals surface area (Å²) >= 11 is 3.55. The number of hydrogen-bond acceptors (Lipinski definition) is 7. The average molecular weight is 607 g/mol. The number of nitrogens with zero attached hydrogens (tertiary/aromatic N) is 4. The first kappa shape index (κ1) is 28.0. The Bertz CT molecular complexity index is 1400. The number of likely N-dealkylation sites (N-methyl/N-ethyl adjacent to an activating group) is 1. The molecule has 0 atom stereocenters. The first-order chi connectivity index (χ1) is 19.1. The van der Waals surface area contributed by atoms with Crippen molar-refractivity contribution >= 4 is 50.9 Å². The van der Waals surface area contributed by atoms with Crippen LogP contribution in [0.4, 0.5) is 23.1 Å². The zero-order valence-electron chi connectivity index (χ0n) is 23.4. The van der Waals surface area contributed by atoms with Gasteiger partial charge in [0.25, 0.3) is 0 Å². The van der Waals surface area contributed by atoms with Crippen LogP contribution in [0.5, 0.6) is 0 Å². The fraction of sp³-hybridized carbons (Fsp3) is 0.400. The Labute approximate surface area is 243 Å². The smallest absolute Gasteiger partial charge is 0.236 e. The fourth-order valence-corrected chi connectivity index (χ4v) is 5.84. The summed E-state index contributed by atoms with van der Waals surface area (Å²) < 4.78 is 0.754. The van der Waals surface area contributed by atoms with E-state index in [4.69, 9.17) is 0 Å². The van der Waals surface area contributed by atoms with E-state index >= 15 is 0 Å². The Morgan fingerprint density at radius 2 is 1.88 bits per heavy atom. The lowest BCUT2D eigenvalue weighted by Crippen LogP contribution is -2.42. The largest absolute Gasteiger partial charge is 0.365 e. The van der Waals surface area contributed by atoms with E-state index in [0.717, 1.165) is 52.9 Å². The van der Waals surface area contributed by atoms with Crippen molar-refractivity contribution in [3.05, 3.63) is 69.8 Å². The summed E-state index contributed by atoms with van der Waals surface area (Å²) in [7, 11) is 3.85. The number of hydrogen-bond donors (Lipinski definition) is 3. The Hall–Kier alpha value is -3.50. The van der Waals surface area contributed by atoms with E-state index in [-0.39, 0.29) is 11.8 Å². The molecule has 3 heterocycles. The maximum Gasteiger partial charge on any atom is 0.236 e. The number of aromatic nitrogens is 2. The number of amides is 2. The average Bonchev–Trinajstić information content (AvgIpc) is 3.17. The van der Waals surface area contributed by atoms with Crippen molar-refractivity contribution < 1.29 is 9.59 Å². The van der Waals surface area contributed by atoms with Gasteiger partial charge in [0.05, 0.1) is 16.4 Å². The van der Waals surface area contributed by atoms with Gasteiger partial charge in [-0.1, -0.05) is 24.3 Å². The van der Waals surface area contributed by atoms with E-state index in [1.54, 1.807) is 6.20 Å². The van der Waals surface area contributed by atoms with Crippen molar-refractivity contribution in [1.29, 1.82) is 0 Å². The second kappa shape index (κ2) is 11.5. The van der Waals surface area contributed by atoms with E-state index in [1.165, 1.54) is 5.56 Å². The van der Waals surface area contributed by atoms with Crippen LogP contribution in [0.15, 0.2) is 53.1 Å². The van der Waals surface area contributed by atoms with Crippen LogP contribution in [0.1, 0.15) is 49.3 Å². The molecule has 1 fully saturated rings. The third-order valence-corrected chi connectivity index (χ3v) is 8.30. The number of piperidine rings is 1. The molecule has 2 aliphatic heterocycles. The predicted octanol–water partition coefficient (Wildman–Crippen LogP) is 5.09. The minimum atomic E-state index is -0.587. The predicted molar refractivity (Wildman–Crippen MR) is 162 cm³/mol. The molecule has 40 heavy (non-hydrogen) atoms. The summed E-state index contributed by atoms with van der Waals surface area (Å²) in [6, 6.07) is 14.3. The Morgan fingerprint density at radius 3 is 2.58 bits per heavy atom. The minimum Gasteiger partial charge on any atom is -0.365 e. The zero-order valence-corrected chi connectivity index (χ0v) is 25.0. The molecule has 5 rings (SSSR count). The molecule has 0 aliphatic carbocycles. The second-order valence-electron chi connectivity index (χ2n) is 11.3. The van der Waals surface area contributed by atoms with Crippen LogP contribution >= 0.6 is 15.9 Å². The third-order valence-electron chi connectivity index (χ3n) is 7.72. The number of benzene rings is 2. The maximum atomic E-state index is 12.4. The van der Waals surface area contributed by atoms with Crippen LogP contribution in [0, 0.1) is 0 Å². The summed E-state index contributed by atoms with van der Waals surface area (Å²) in [4.78, 5) is 37.8. The quantitative estimate of drug-likeness (QED) is 0.328. The number of nitrogens with one attached hydrogen (secondary N) is 3. The molecule has 0 saturated carbocycles. The molecule has 2 aliphatic rings. The summed E-state index contributed by atoms with van der Waals surface area (Å²) in [5, 5.41) is 9.69. The van der Waals surface area contributed by atoms with Gasteiger partial charge >= 0.3 is 0 Å². The lowest BCUT2D eigenvalue weighted by Gasteiger charge is -2.33. The van der Waals surface area contributed by atoms with Gasteiger partial charge in [-0.05, 0) is 97.5 Å². The van der Waals surface area contributed by atoms with E-state index in [9.17, 15) is 9.59 Å². The molecule has 1 aromatic heterocycles. The minimum absolute atomic E-state index is 0.0104. The standard InChI is InChI=1S/C30H36BrN7O2/c1-30(2)26-21(6-5-7-24(26)35-28(30)40)16-32-27-23(31)17-33-29(36-27)34-22-10-8-19(9-11-22)20-12-14-38(15-13-20)25(39)18-37(3)4/h5-11,17,20H,12-16,18H2,1-4H3,(H,35,40)(H2,32,33,34,36). The maximum absolute atomic E-state index is 12.4. The summed E-state index contributed by atoms with van der Waals surface area (Å²) in [5.41, 5.74) is 4.53. The fourth-order valence-electron chi connectivity index (χ4n) is 5.51. The molecular weight excluding hydrogens is 570 g/mol. The number of likely N-dealkylation sites (tertiary alicyclic amines) is 1. The highest BCUT2D eigenvalue weighted by Crippen LogP contribution is 2.40. The second-order valence-corrected chi connectivity index (χ2v) is 12.2. The lowest BCUT2D eigenvalue weighted by atomic mass is 9.83. The van der Waals surface area contributed by atoms with Crippen LogP contribution in [0.2, 0.25) is 0 Å². The van der Waals surface area contributed by atoms with Crippen molar-refractivity contribution in [2.45, 2.75) is 44.6 Å². The molecule has 2 aromatic carbocycles. The van der Waals surface area contributed by atoms with Gasteiger partial charge in [-0.15, -0.1) is 0 Å². The summed E-state index contributed by atoms with van der Waals surface area (Å²) in [6.45, 7) is 6.48. The SMILES string of the molecule is CN(C)CC(=O)N1CCC(c2ccc(Nc3ncc(Br)c(NCc4cccc5c4C(C)(C)C(=O)N5)n3)cc2)CC1. The van der Waals surface area contributed by atoms with Gasteiger partial charge in [0, 0.05) is 37.2 Å². The number of carbonyl (C=O) groups excluding carboxylic acids is 2. The molecule has 1 saturated heterocycles. The van der Waals surface area contributed by atoms with Crippen LogP contribution in [0.25, 0.3) is 0 Å². The molecule has 210 valence electrons. The lowest BCUT2D eigenvalue weighted by molar-refractivity contribution is -0.132. The van der Waals surface area contributed by atoms with Crippen LogP contribution in [0.3, 0.4) is 0 Å². The first-order valence-corrected chi connectivity index (χ1v) is 14.4. The van der Waals surface area contributed by atoms with Crippen LogP contribution in [-0.4, -0.2) is 65.3 Å². The molecule has 0 radical (unpaired) electrons. The van der Waals surface area contributed by atoms with Crippen LogP contribution in [-0.2, 0) is 21.5 Å². The molecule has 0 spiro atoms. The highest BCUT2D eigenvalue weighted by molar-refractivity contribution is 9.10. The van der Waals surface area contributed by atoms with Crippen molar-refractivity contribution in [3.63, 3.8) is 0 Å². The molecule has 2 amide bonds. The van der Waals surface area contributed by atoms with Crippen molar-refractivity contribution in [3.8, 4) is 0 Å². The van der Waals surface area contributed by atoms with Crippen molar-refractivity contribution in [2.24, 2.45) is 0 Å². The van der Waals surface area contributed by atoms with E-state index in [1.807, 2.05) is 55.9 Å². The Kier molecular flexibility index (Phi) is 8.09. The normalized spacial score (nSPS) is 16.6. The molecule has 3 N–H and O–H groups in total. The van der Waals surface area contributed by atoms with Gasteiger partial charge < -0.3 is 25.8 Å². The topological polar surface area (TPSA) is 102 Å². The van der Waals surface area contributed by atoms with Crippen LogP contribution < -0.4 is 16.0 Å². The third kappa shape index (κ3) is 5.97. The molecular formula is C30H36BrN7O2. The molecule has 0 bridgehead atoms. The van der Waals surface area contributed by atoms with Gasteiger partial charge in [0.1, 0.15) is 5.82 Å². The van der Waals surface area contributed by atoms with E-state index in [0.29, 0.717) is 30.8 Å². The number of carbonyl (C=O) groups is 2. The highest BCUT2D eigenvalue weighted by Gasteiger charge is 2.39. The zero-order chi connectivity index (χ0) is 28.4. The van der Waals surface area contributed by atoms with Gasteiger partial charge in [-0.25, -0.2) is 4.98 Å². The number of anilines is 4. The summed E-state index contributed by atoms with van der Waals surface area (Å²) in [5.74, 6) is 1.82. The summed E-state index contributed by atoms with van der Waals surface area (Å²) in [6.07, 6.45) is 3.67. The number of fused-ring (bicyclic) bond motifs is 1. The highest BCUT2D eigenvalue weighted by atomic mass is 79.9. The van der Waals surface area contributed by atoms with Crippen molar-refractivity contribution in [2.75, 3.05) is 49.7 Å². The molecule has 9 nitrogen and oxygen atoms in total. The van der Waals surface area contributed by atoms with Crippen molar-refractivity contribution in [1.82, 2.24) is 19.8 Å². The van der Waals surface area contributed by atoms with Gasteiger partial charge in [-0.3, -0.25) is 9.59 Å². The Morgan fingerprint density at radius 1 is 1.15 bits per heavy atom. The van der Waals surface area contributed by atoms with E-state index in [2.05, 4.69) is 66.1 Å². The monoisotopic (exact) mass is 605 g/mol. The van der Waals surface area contributed by atoms with E-state index < -0.39 is 5.41 Å². The van der Waals surface area contributed by atoms with Gasteiger partial charge in [0.2, 0.25) is 17.8 Å². The van der Waals surface area contributed by atoms with Gasteiger partial charge in [-0.2, -0.15) is 4.98 Å². The number of halogens is 1. The first-order valence-electron chi connectivity index (χ1n) is 13.6. The molecule has 10 heteroatoms. The number of rotatable bonds is 8. The molecule has 3 aromatic rings. The Balaban J connectivity index is 1.20. The molecule has 0 unspecified atom stereocenters.